The molecule has 0 aromatic rings. The van der Waals surface area contributed by atoms with Crippen molar-refractivity contribution in [3.8, 4) is 0 Å². The zero-order valence-electron chi connectivity index (χ0n) is 17.1. The van der Waals surface area contributed by atoms with E-state index in [9.17, 15) is 4.79 Å². The summed E-state index contributed by atoms with van der Waals surface area (Å²) in [6.07, 6.45) is 8.78. The molecule has 3 aliphatic rings. The van der Waals surface area contributed by atoms with E-state index >= 15 is 0 Å². The first kappa shape index (κ1) is 19.1. The van der Waals surface area contributed by atoms with Gasteiger partial charge in [0.05, 0.1) is 6.10 Å². The molecule has 3 rings (SSSR count). The van der Waals surface area contributed by atoms with E-state index in [0.717, 1.165) is 12.8 Å². The second kappa shape index (κ2) is 5.92. The average Bonchev–Trinajstić information content (AvgIpc) is 3.09. The molecule has 2 bridgehead atoms. The number of allylic oxidation sites excluding steroid dienone is 3. The third-order valence-corrected chi connectivity index (χ3v) is 12.6. The summed E-state index contributed by atoms with van der Waals surface area (Å²) in [5.74, 6) is 2.04. The average molecular weight is 361 g/mol. The van der Waals surface area contributed by atoms with E-state index < -0.39 is 8.32 Å². The number of carbonyl (C=O) groups excluding carboxylic acids is 1. The minimum atomic E-state index is -1.89. The topological polar surface area (TPSA) is 26.3 Å². The minimum Gasteiger partial charge on any atom is -0.413 e. The smallest absolute Gasteiger partial charge is 0.192 e. The quantitative estimate of drug-likeness (QED) is 0.481. The van der Waals surface area contributed by atoms with Gasteiger partial charge in [-0.15, -0.1) is 6.58 Å². The molecule has 2 fully saturated rings. The minimum absolute atomic E-state index is 0.0683. The van der Waals surface area contributed by atoms with Crippen molar-refractivity contribution in [3.05, 3.63) is 24.8 Å². The number of carbonyl (C=O) groups is 1. The summed E-state index contributed by atoms with van der Waals surface area (Å²) in [7, 11) is -1.89. The Labute approximate surface area is 155 Å². The molecule has 3 heteroatoms. The van der Waals surface area contributed by atoms with Crippen LogP contribution in [0.25, 0.3) is 0 Å². The van der Waals surface area contributed by atoms with E-state index in [1.165, 1.54) is 0 Å². The Balaban J connectivity index is 2.05. The van der Waals surface area contributed by atoms with Crippen LogP contribution in [0.5, 0.6) is 0 Å². The molecule has 0 radical (unpaired) electrons. The molecule has 0 aromatic heterocycles. The summed E-state index contributed by atoms with van der Waals surface area (Å²) in [4.78, 5) is 13.5. The normalized spacial score (nSPS) is 43.4. The summed E-state index contributed by atoms with van der Waals surface area (Å²) in [6.45, 7) is 20.0. The lowest BCUT2D eigenvalue weighted by Crippen LogP contribution is -2.60. The van der Waals surface area contributed by atoms with Gasteiger partial charge in [-0.1, -0.05) is 52.8 Å². The maximum Gasteiger partial charge on any atom is 0.192 e. The number of hydrogen-bond donors (Lipinski definition) is 0. The number of ketones is 1. The molecule has 2 nitrogen and oxygen atoms in total. The van der Waals surface area contributed by atoms with Crippen LogP contribution >= 0.6 is 0 Å². The van der Waals surface area contributed by atoms with Crippen LogP contribution in [-0.4, -0.2) is 20.2 Å². The molecule has 0 amide bonds. The second-order valence-corrected chi connectivity index (χ2v) is 15.1. The lowest BCUT2D eigenvalue weighted by molar-refractivity contribution is -0.154. The first-order valence-electron chi connectivity index (χ1n) is 9.98. The molecule has 7 atom stereocenters. The number of Topliss-reactive ketones (excluding diaryl/α,β-unsaturated/α-hetero) is 1. The van der Waals surface area contributed by atoms with Gasteiger partial charge in [0.1, 0.15) is 5.78 Å². The first-order chi connectivity index (χ1) is 11.5. The number of fused-ring (bicyclic) bond motifs is 5. The fraction of sp³-hybridized carbons (Fsp3) is 0.773. The van der Waals surface area contributed by atoms with Crippen LogP contribution in [-0.2, 0) is 9.22 Å². The Morgan fingerprint density at radius 2 is 1.96 bits per heavy atom. The van der Waals surface area contributed by atoms with Crippen molar-refractivity contribution in [1.29, 1.82) is 0 Å². The molecular weight excluding hydrogens is 324 g/mol. The van der Waals surface area contributed by atoms with Gasteiger partial charge in [-0.05, 0) is 48.7 Å². The SMILES string of the molecule is C=CC[C@@]12C(=O)[C@@H](C)[C@@H](C)[C@H](O[Si](C)(C)C(C)(C)C)[C@@H]1[C@@H]1C=C[C@H]2C1. The lowest BCUT2D eigenvalue weighted by Gasteiger charge is -2.55. The van der Waals surface area contributed by atoms with Gasteiger partial charge in [0.25, 0.3) is 0 Å². The van der Waals surface area contributed by atoms with Gasteiger partial charge >= 0.3 is 0 Å². The largest absolute Gasteiger partial charge is 0.413 e. The summed E-state index contributed by atoms with van der Waals surface area (Å²) >= 11 is 0. The third kappa shape index (κ3) is 2.56. The molecule has 2 saturated carbocycles. The zero-order chi connectivity index (χ0) is 18.8. The van der Waals surface area contributed by atoms with Gasteiger partial charge in [0.2, 0.25) is 0 Å². The molecule has 0 aromatic carbocycles. The highest BCUT2D eigenvalue weighted by Crippen LogP contribution is 2.65. The Hall–Kier alpha value is -0.673. The highest BCUT2D eigenvalue weighted by molar-refractivity contribution is 6.74. The summed E-state index contributed by atoms with van der Waals surface area (Å²) in [5, 5.41) is 0.186. The zero-order valence-corrected chi connectivity index (χ0v) is 18.1. The van der Waals surface area contributed by atoms with Crippen LogP contribution < -0.4 is 0 Å². The molecule has 25 heavy (non-hydrogen) atoms. The van der Waals surface area contributed by atoms with E-state index in [1.54, 1.807) is 0 Å². The van der Waals surface area contributed by atoms with Crippen LogP contribution in [0.4, 0.5) is 0 Å². The summed E-state index contributed by atoms with van der Waals surface area (Å²) in [6, 6.07) is 0. The van der Waals surface area contributed by atoms with E-state index in [1.807, 2.05) is 6.08 Å². The standard InChI is InChI=1S/C22H36O2Si/c1-9-12-22-17-11-10-16(13-17)18(22)19(14(2)15(3)20(22)23)24-25(7,8)21(4,5)6/h9-11,14-19H,1,12-13H2,2-8H3/t14-,15+,16-,17+,18+,19+,22+/m1/s1. The Bertz CT molecular complexity index is 600. The van der Waals surface area contributed by atoms with Crippen LogP contribution in [0.1, 0.15) is 47.5 Å². The van der Waals surface area contributed by atoms with Crippen molar-refractivity contribution < 1.29 is 9.22 Å². The van der Waals surface area contributed by atoms with Crippen LogP contribution in [0.3, 0.4) is 0 Å². The summed E-state index contributed by atoms with van der Waals surface area (Å²) < 4.78 is 7.03. The van der Waals surface area contributed by atoms with Crippen LogP contribution in [0, 0.1) is 35.0 Å². The lowest BCUT2D eigenvalue weighted by atomic mass is 9.53. The summed E-state index contributed by atoms with van der Waals surface area (Å²) in [5.41, 5.74) is -0.264. The van der Waals surface area contributed by atoms with Crippen molar-refractivity contribution in [3.63, 3.8) is 0 Å². The van der Waals surface area contributed by atoms with Gasteiger partial charge in [-0.3, -0.25) is 4.79 Å². The van der Waals surface area contributed by atoms with Crippen molar-refractivity contribution in [2.75, 3.05) is 0 Å². The van der Waals surface area contributed by atoms with Gasteiger partial charge in [-0.25, -0.2) is 0 Å². The molecule has 140 valence electrons. The van der Waals surface area contributed by atoms with Gasteiger partial charge in [0, 0.05) is 17.3 Å². The molecule has 0 heterocycles. The molecule has 0 saturated heterocycles. The highest BCUT2D eigenvalue weighted by Gasteiger charge is 2.66. The van der Waals surface area contributed by atoms with Gasteiger partial charge in [0.15, 0.2) is 8.32 Å². The predicted molar refractivity (Wildman–Crippen MR) is 107 cm³/mol. The second-order valence-electron chi connectivity index (χ2n) is 10.3. The molecule has 3 aliphatic carbocycles. The van der Waals surface area contributed by atoms with Gasteiger partial charge < -0.3 is 4.43 Å². The first-order valence-corrected chi connectivity index (χ1v) is 12.9. The predicted octanol–water partition coefficient (Wildman–Crippen LogP) is 5.62. The fourth-order valence-corrected chi connectivity index (χ4v) is 6.88. The Morgan fingerprint density at radius 3 is 2.52 bits per heavy atom. The molecule has 0 spiro atoms. The van der Waals surface area contributed by atoms with Crippen LogP contribution in [0.15, 0.2) is 24.8 Å². The maximum atomic E-state index is 13.5. The monoisotopic (exact) mass is 360 g/mol. The maximum absolute atomic E-state index is 13.5. The van der Waals surface area contributed by atoms with E-state index in [2.05, 4.69) is 66.4 Å². The van der Waals surface area contributed by atoms with Gasteiger partial charge in [-0.2, -0.15) is 0 Å². The van der Waals surface area contributed by atoms with Crippen LogP contribution in [0.2, 0.25) is 18.1 Å². The Morgan fingerprint density at radius 1 is 1.32 bits per heavy atom. The third-order valence-electron chi connectivity index (χ3n) is 8.09. The van der Waals surface area contributed by atoms with E-state index in [4.69, 9.17) is 4.43 Å². The van der Waals surface area contributed by atoms with Crippen molar-refractivity contribution in [1.82, 2.24) is 0 Å². The van der Waals surface area contributed by atoms with Crippen molar-refractivity contribution >= 4 is 14.1 Å². The Kier molecular flexibility index (Phi) is 4.52. The van der Waals surface area contributed by atoms with Crippen molar-refractivity contribution in [2.45, 2.75) is 71.7 Å². The van der Waals surface area contributed by atoms with E-state index in [-0.39, 0.29) is 28.4 Å². The highest BCUT2D eigenvalue weighted by atomic mass is 28.4. The molecular formula is C22H36O2Si. The molecule has 0 aliphatic heterocycles. The fourth-order valence-electron chi connectivity index (χ4n) is 5.49. The van der Waals surface area contributed by atoms with E-state index in [0.29, 0.717) is 23.5 Å². The van der Waals surface area contributed by atoms with Crippen molar-refractivity contribution in [2.24, 2.45) is 35.0 Å². The number of hydrogen-bond acceptors (Lipinski definition) is 2. The molecule has 0 unspecified atom stereocenters. The molecule has 0 N–H and O–H groups in total. The number of rotatable bonds is 4.